The van der Waals surface area contributed by atoms with Crippen LogP contribution in [0.1, 0.15) is 43.2 Å². The second-order valence-electron chi connectivity index (χ2n) is 9.46. The molecule has 2 aromatic carbocycles. The summed E-state index contributed by atoms with van der Waals surface area (Å²) in [5, 5.41) is 2.50. The number of aryl methyl sites for hydroxylation is 1. The van der Waals surface area contributed by atoms with Crippen LogP contribution in [0.4, 0.5) is 5.69 Å². The van der Waals surface area contributed by atoms with Gasteiger partial charge in [-0.15, -0.1) is 0 Å². The Morgan fingerprint density at radius 3 is 2.41 bits per heavy atom. The van der Waals surface area contributed by atoms with Crippen molar-refractivity contribution in [2.45, 2.75) is 57.7 Å². The molecule has 0 radical (unpaired) electrons. The van der Waals surface area contributed by atoms with Gasteiger partial charge in [0.1, 0.15) is 5.69 Å². The van der Waals surface area contributed by atoms with Crippen molar-refractivity contribution in [1.82, 2.24) is 4.90 Å². The highest BCUT2D eigenvalue weighted by Gasteiger charge is 2.56. The van der Waals surface area contributed by atoms with Gasteiger partial charge in [0, 0.05) is 17.3 Å². The molecule has 1 spiro atoms. The van der Waals surface area contributed by atoms with Gasteiger partial charge in [0.25, 0.3) is 0 Å². The Kier molecular flexibility index (Phi) is 3.19. The second kappa shape index (κ2) is 5.35. The summed E-state index contributed by atoms with van der Waals surface area (Å²) in [4.78, 5) is 7.65. The summed E-state index contributed by atoms with van der Waals surface area (Å²) in [6.45, 7) is 4.42. The lowest BCUT2D eigenvalue weighted by molar-refractivity contribution is -0.0627. The molecule has 3 aliphatic heterocycles. The molecular formula is C24H28N2O. The van der Waals surface area contributed by atoms with Gasteiger partial charge in [-0.05, 0) is 81.3 Å². The van der Waals surface area contributed by atoms with E-state index >= 15 is 0 Å². The smallest absolute Gasteiger partial charge is 0.202 e. The fourth-order valence-electron chi connectivity index (χ4n) is 6.68. The lowest BCUT2D eigenvalue weighted by Crippen LogP contribution is -2.59. The van der Waals surface area contributed by atoms with E-state index in [1.807, 2.05) is 0 Å². The molecule has 3 nitrogen and oxygen atoms in total. The van der Waals surface area contributed by atoms with Gasteiger partial charge in [0.05, 0.1) is 6.21 Å². The molecule has 2 saturated carbocycles. The molecule has 27 heavy (non-hydrogen) atoms. The van der Waals surface area contributed by atoms with E-state index in [0.29, 0.717) is 12.0 Å². The Balaban J connectivity index is 1.55. The third-order valence-electron chi connectivity index (χ3n) is 8.15. The monoisotopic (exact) mass is 360 g/mol. The van der Waals surface area contributed by atoms with E-state index in [4.69, 9.17) is 9.73 Å². The average molecular weight is 361 g/mol. The van der Waals surface area contributed by atoms with Crippen LogP contribution in [0.15, 0.2) is 29.3 Å². The van der Waals surface area contributed by atoms with Gasteiger partial charge in [-0.2, -0.15) is 0 Å². The molecule has 3 heteroatoms. The van der Waals surface area contributed by atoms with Crippen molar-refractivity contribution in [3.63, 3.8) is 0 Å². The third kappa shape index (κ3) is 2.04. The van der Waals surface area contributed by atoms with Crippen LogP contribution in [-0.4, -0.2) is 29.9 Å². The number of rotatable bonds is 0. The zero-order valence-corrected chi connectivity index (χ0v) is 16.5. The highest BCUT2D eigenvalue weighted by atomic mass is 16.5. The number of nitrogens with zero attached hydrogens (tertiary/aromatic N) is 2. The summed E-state index contributed by atoms with van der Waals surface area (Å²) < 4.78 is 7.03. The molecule has 4 fully saturated rings. The minimum Gasteiger partial charge on any atom is -0.464 e. The van der Waals surface area contributed by atoms with Gasteiger partial charge in [-0.3, -0.25) is 9.89 Å². The molecule has 5 aliphatic rings. The molecule has 4 bridgehead atoms. The Labute approximate surface area is 161 Å². The van der Waals surface area contributed by atoms with Crippen LogP contribution >= 0.6 is 0 Å². The van der Waals surface area contributed by atoms with Crippen LogP contribution in [0, 0.1) is 31.6 Å². The quantitative estimate of drug-likeness (QED) is 0.629. The minimum absolute atomic E-state index is 0.360. The Hall–Kier alpha value is -1.87. The summed E-state index contributed by atoms with van der Waals surface area (Å²) in [6.07, 6.45) is 8.88. The van der Waals surface area contributed by atoms with E-state index in [1.54, 1.807) is 0 Å². The van der Waals surface area contributed by atoms with Gasteiger partial charge >= 0.3 is 0 Å². The molecule has 140 valence electrons. The molecule has 0 N–H and O–H groups in total. The number of aliphatic imine (C=N–C) groups is 1. The van der Waals surface area contributed by atoms with Crippen molar-refractivity contribution < 1.29 is 4.74 Å². The number of benzene rings is 2. The second-order valence-corrected chi connectivity index (χ2v) is 9.46. The van der Waals surface area contributed by atoms with Crippen LogP contribution in [0.2, 0.25) is 0 Å². The van der Waals surface area contributed by atoms with E-state index in [0.717, 1.165) is 23.3 Å². The molecule has 0 aromatic heterocycles. The van der Waals surface area contributed by atoms with Crippen molar-refractivity contribution in [2.75, 3.05) is 7.05 Å². The molecule has 3 unspecified atom stereocenters. The first kappa shape index (κ1) is 16.1. The Morgan fingerprint density at radius 1 is 0.963 bits per heavy atom. The zero-order chi connectivity index (χ0) is 18.3. The summed E-state index contributed by atoms with van der Waals surface area (Å²) >= 11 is 0. The van der Waals surface area contributed by atoms with Crippen molar-refractivity contribution in [1.29, 1.82) is 0 Å². The lowest BCUT2D eigenvalue weighted by atomic mass is 9.67. The van der Waals surface area contributed by atoms with Crippen LogP contribution in [-0.2, 0) is 0 Å². The number of hydrogen-bond acceptors (Lipinski definition) is 3. The van der Waals surface area contributed by atoms with Gasteiger partial charge < -0.3 is 4.74 Å². The Morgan fingerprint density at radius 2 is 1.67 bits per heavy atom. The summed E-state index contributed by atoms with van der Waals surface area (Å²) in [5.41, 5.74) is 3.23. The van der Waals surface area contributed by atoms with Crippen molar-refractivity contribution in [3.8, 4) is 5.75 Å². The molecule has 7 rings (SSSR count). The first-order chi connectivity index (χ1) is 13.1. The van der Waals surface area contributed by atoms with E-state index in [9.17, 15) is 0 Å². The van der Waals surface area contributed by atoms with Gasteiger partial charge in [0.2, 0.25) is 5.72 Å². The molecular weight excluding hydrogens is 332 g/mol. The van der Waals surface area contributed by atoms with Crippen LogP contribution in [0.5, 0.6) is 5.75 Å². The number of ether oxygens (including phenoxy) is 1. The maximum absolute atomic E-state index is 7.03. The summed E-state index contributed by atoms with van der Waals surface area (Å²) in [7, 11) is 2.29. The van der Waals surface area contributed by atoms with E-state index < -0.39 is 0 Å². The molecule has 2 aromatic rings. The number of hydrogen-bond donors (Lipinski definition) is 0. The molecule has 0 amide bonds. The van der Waals surface area contributed by atoms with Gasteiger partial charge in [-0.25, -0.2) is 0 Å². The normalized spacial score (nSPS) is 36.9. The Bertz CT molecular complexity index is 966. The van der Waals surface area contributed by atoms with Crippen LogP contribution in [0.3, 0.4) is 0 Å². The predicted molar refractivity (Wildman–Crippen MR) is 110 cm³/mol. The van der Waals surface area contributed by atoms with Crippen molar-refractivity contribution >= 4 is 22.7 Å². The lowest BCUT2D eigenvalue weighted by Gasteiger charge is -2.46. The maximum atomic E-state index is 7.03. The standard InChI is InChI=1S/C24H28N2O/c1-14-15(2)23-22(21-7-5-4-6-20(14)21)25-13-24(27-23)18-9-16-8-17(10-18)12-19(11-16)26(24)3/h4-7,13,16-19H,8-12H2,1-3H3. The maximum Gasteiger partial charge on any atom is 0.202 e. The van der Waals surface area contributed by atoms with Crippen molar-refractivity contribution in [2.24, 2.45) is 22.7 Å². The van der Waals surface area contributed by atoms with E-state index in [-0.39, 0.29) is 5.72 Å². The fraction of sp³-hybridized carbons (Fsp3) is 0.542. The largest absolute Gasteiger partial charge is 0.464 e. The van der Waals surface area contributed by atoms with Crippen LogP contribution < -0.4 is 4.74 Å². The molecule has 2 aliphatic carbocycles. The molecule has 2 saturated heterocycles. The van der Waals surface area contributed by atoms with Crippen LogP contribution in [0.25, 0.3) is 10.8 Å². The van der Waals surface area contributed by atoms with Crippen molar-refractivity contribution in [3.05, 3.63) is 35.4 Å². The first-order valence-corrected chi connectivity index (χ1v) is 10.6. The topological polar surface area (TPSA) is 24.8 Å². The SMILES string of the molecule is Cc1c2c(c3ccccc3c1C)N=CC1(O2)C2CC3CC(CC(C3)N1C)C2. The van der Waals surface area contributed by atoms with Gasteiger partial charge in [0.15, 0.2) is 5.75 Å². The highest BCUT2D eigenvalue weighted by molar-refractivity contribution is 6.01. The molecule has 3 heterocycles. The predicted octanol–water partition coefficient (Wildman–Crippen LogP) is 5.39. The minimum atomic E-state index is -0.360. The van der Waals surface area contributed by atoms with E-state index in [2.05, 4.69) is 56.3 Å². The third-order valence-corrected chi connectivity index (χ3v) is 8.15. The summed E-state index contributed by atoms with van der Waals surface area (Å²) in [5.74, 6) is 3.34. The average Bonchev–Trinajstić information content (AvgIpc) is 2.80. The molecule has 3 atom stereocenters. The number of fused-ring (bicyclic) bond motifs is 3. The van der Waals surface area contributed by atoms with Gasteiger partial charge in [-0.1, -0.05) is 24.3 Å². The summed E-state index contributed by atoms with van der Waals surface area (Å²) in [6, 6.07) is 9.25. The fourth-order valence-corrected chi connectivity index (χ4v) is 6.68. The zero-order valence-electron chi connectivity index (χ0n) is 16.5. The first-order valence-electron chi connectivity index (χ1n) is 10.6. The van der Waals surface area contributed by atoms with E-state index in [1.165, 1.54) is 54.0 Å². The highest BCUT2D eigenvalue weighted by Crippen LogP contribution is 2.55.